The summed E-state index contributed by atoms with van der Waals surface area (Å²) in [4.78, 5) is 69.7. The fraction of sp³-hybridized carbons (Fsp3) is 0.750. The smallest absolute Gasteiger partial charge is 0.315 e. The number of amides is 5. The van der Waals surface area contributed by atoms with Crippen LogP contribution in [-0.2, 0) is 29.4 Å². The summed E-state index contributed by atoms with van der Waals surface area (Å²) in [6.45, 7) is 14.5. The van der Waals surface area contributed by atoms with Gasteiger partial charge in [0, 0.05) is 45.2 Å². The van der Waals surface area contributed by atoms with Crippen molar-refractivity contribution < 1.29 is 32.4 Å². The molecule has 2 heterocycles. The summed E-state index contributed by atoms with van der Waals surface area (Å²) in [6, 6.07) is -4.18. The number of rotatable bonds is 14. The molecule has 0 aromatic carbocycles. The first-order valence-electron chi connectivity index (χ1n) is 18.2. The van der Waals surface area contributed by atoms with Crippen LogP contribution in [0.3, 0.4) is 0 Å². The number of piperidine rings is 1. The largest absolute Gasteiger partial charge is 0.346 e. The summed E-state index contributed by atoms with van der Waals surface area (Å²) >= 11 is 0. The number of likely N-dealkylation sites (tertiary alicyclic amines) is 1. The van der Waals surface area contributed by atoms with Crippen molar-refractivity contribution in [2.24, 2.45) is 28.6 Å². The summed E-state index contributed by atoms with van der Waals surface area (Å²) < 4.78 is 29.3. The van der Waals surface area contributed by atoms with E-state index in [4.69, 9.17) is 6.42 Å². The zero-order valence-electron chi connectivity index (χ0n) is 30.8. The van der Waals surface area contributed by atoms with Gasteiger partial charge in [-0.15, -0.1) is 18.9 Å². The van der Waals surface area contributed by atoms with Crippen LogP contribution in [-0.4, -0.2) is 104 Å². The number of carbonyl (C=O) groups excluding carboxylic acids is 5. The highest BCUT2D eigenvalue weighted by atomic mass is 32.2. The second-order valence-electron chi connectivity index (χ2n) is 16.1. The number of terminal acetylenes is 1. The molecule has 0 aromatic heterocycles. The standard InChI is InChI=1S/C36H57N7O7S/c1-8-10-17-25(30(44)32(46)37-18-9-2)39-31(45)29-27-24(36(27,6)7)21-43(29)33(47)28(23-15-12-11-13-16-23)41-34(48)40-26(35(3,4)5)22-42-20-14-19-38-51(42,49)50/h1,9,23-29,38H,2,10-22H2,3-7H3,(H,37,46)(H,39,45)(H2,40,41,48)/t24-,25?,26+,27-,28-,29-/m0/s1. The molecule has 14 nitrogen and oxygen atoms in total. The lowest BCUT2D eigenvalue weighted by Gasteiger charge is -2.39. The van der Waals surface area contributed by atoms with E-state index < -0.39 is 63.4 Å². The van der Waals surface area contributed by atoms with E-state index in [0.29, 0.717) is 26.1 Å². The Hall–Kier alpha value is -3.48. The average molecular weight is 732 g/mol. The molecular formula is C36H57N7O7S. The second kappa shape index (κ2) is 16.5. The number of nitrogens with one attached hydrogen (secondary N) is 5. The molecule has 4 aliphatic rings. The average Bonchev–Trinajstić information content (AvgIpc) is 3.38. The number of hydrogen-bond donors (Lipinski definition) is 5. The normalized spacial score (nSPS) is 26.0. The van der Waals surface area contributed by atoms with Crippen molar-refractivity contribution in [1.29, 1.82) is 0 Å². The molecule has 51 heavy (non-hydrogen) atoms. The van der Waals surface area contributed by atoms with Crippen molar-refractivity contribution in [3.63, 3.8) is 0 Å². The molecule has 0 aromatic rings. The maximum atomic E-state index is 14.6. The van der Waals surface area contributed by atoms with Crippen LogP contribution in [0.4, 0.5) is 4.79 Å². The zero-order valence-corrected chi connectivity index (χ0v) is 31.6. The SMILES string of the molecule is C#CCCC(NC(=O)[C@@H]1[C@@H]2[C@H](CN1C(=O)[C@@H](NC(=O)N[C@H](CN1CCCNS1(=O)=O)C(C)(C)C)C1CCCCC1)C2(C)C)C(=O)C(=O)NCC=C. The van der Waals surface area contributed by atoms with Crippen molar-refractivity contribution in [1.82, 2.24) is 35.2 Å². The summed E-state index contributed by atoms with van der Waals surface area (Å²) in [5.41, 5.74) is -0.747. The van der Waals surface area contributed by atoms with E-state index in [1.165, 1.54) is 10.4 Å². The third-order valence-electron chi connectivity index (χ3n) is 11.2. The van der Waals surface area contributed by atoms with Crippen molar-refractivity contribution in [2.75, 3.05) is 32.7 Å². The molecule has 0 bridgehead atoms. The highest BCUT2D eigenvalue weighted by molar-refractivity contribution is 7.87. The van der Waals surface area contributed by atoms with Gasteiger partial charge in [0.15, 0.2) is 0 Å². The monoisotopic (exact) mass is 731 g/mol. The van der Waals surface area contributed by atoms with Crippen LogP contribution < -0.4 is 26.0 Å². The summed E-state index contributed by atoms with van der Waals surface area (Å²) in [5, 5.41) is 11.1. The minimum Gasteiger partial charge on any atom is -0.346 e. The molecule has 2 aliphatic heterocycles. The summed E-state index contributed by atoms with van der Waals surface area (Å²) in [5.74, 6) is -0.444. The molecule has 0 radical (unpaired) electrons. The predicted octanol–water partition coefficient (Wildman–Crippen LogP) is 1.44. The molecule has 5 amide bonds. The molecule has 5 N–H and O–H groups in total. The Morgan fingerprint density at radius 2 is 1.75 bits per heavy atom. The summed E-state index contributed by atoms with van der Waals surface area (Å²) in [7, 11) is -3.68. The van der Waals surface area contributed by atoms with Gasteiger partial charge in [-0.2, -0.15) is 12.7 Å². The van der Waals surface area contributed by atoms with E-state index in [9.17, 15) is 32.4 Å². The number of fused-ring (bicyclic) bond motifs is 1. The molecule has 2 aliphatic carbocycles. The van der Waals surface area contributed by atoms with Gasteiger partial charge in [0.05, 0.1) is 6.04 Å². The van der Waals surface area contributed by atoms with E-state index >= 15 is 0 Å². The Bertz CT molecular complexity index is 1500. The van der Waals surface area contributed by atoms with Gasteiger partial charge >= 0.3 is 6.03 Å². The highest BCUT2D eigenvalue weighted by Crippen LogP contribution is 2.65. The first-order valence-corrected chi connectivity index (χ1v) is 19.7. The van der Waals surface area contributed by atoms with E-state index in [1.54, 1.807) is 4.90 Å². The van der Waals surface area contributed by atoms with E-state index in [0.717, 1.165) is 32.1 Å². The number of hydrogen-bond acceptors (Lipinski definition) is 7. The minimum absolute atomic E-state index is 0.0409. The minimum atomic E-state index is -3.68. The Labute approximate surface area is 303 Å². The van der Waals surface area contributed by atoms with Gasteiger partial charge in [-0.25, -0.2) is 9.52 Å². The van der Waals surface area contributed by atoms with Crippen LogP contribution in [0.2, 0.25) is 0 Å². The topological polar surface area (TPSA) is 186 Å². The zero-order chi connectivity index (χ0) is 37.7. The van der Waals surface area contributed by atoms with Gasteiger partial charge in [-0.1, -0.05) is 60.0 Å². The first-order chi connectivity index (χ1) is 23.9. The van der Waals surface area contributed by atoms with Gasteiger partial charge < -0.3 is 26.2 Å². The number of nitrogens with zero attached hydrogens (tertiary/aromatic N) is 2. The third kappa shape index (κ3) is 9.50. The van der Waals surface area contributed by atoms with Gasteiger partial charge in [0.2, 0.25) is 17.6 Å². The molecule has 6 atom stereocenters. The van der Waals surface area contributed by atoms with Gasteiger partial charge in [0.25, 0.3) is 16.1 Å². The third-order valence-corrected chi connectivity index (χ3v) is 12.8. The van der Waals surface area contributed by atoms with Crippen LogP contribution >= 0.6 is 0 Å². The second-order valence-corrected chi connectivity index (χ2v) is 17.8. The maximum absolute atomic E-state index is 14.6. The van der Waals surface area contributed by atoms with Crippen molar-refractivity contribution in [3.05, 3.63) is 12.7 Å². The van der Waals surface area contributed by atoms with Crippen molar-refractivity contribution >= 4 is 39.7 Å². The quantitative estimate of drug-likeness (QED) is 0.102. The molecule has 15 heteroatoms. The number of carbonyl (C=O) groups is 5. The number of Topliss-reactive ketones (excluding diaryl/α,β-unsaturated/α-hetero) is 1. The molecular weight excluding hydrogens is 675 g/mol. The molecule has 284 valence electrons. The van der Waals surface area contributed by atoms with Crippen LogP contribution in [0.1, 0.15) is 86.0 Å². The lowest BCUT2D eigenvalue weighted by Crippen LogP contribution is -2.62. The van der Waals surface area contributed by atoms with Gasteiger partial charge in [-0.05, 0) is 54.3 Å². The van der Waals surface area contributed by atoms with Crippen LogP contribution in [0.15, 0.2) is 12.7 Å². The van der Waals surface area contributed by atoms with Crippen LogP contribution in [0.5, 0.6) is 0 Å². The molecule has 2 saturated heterocycles. The Morgan fingerprint density at radius 3 is 2.35 bits per heavy atom. The summed E-state index contributed by atoms with van der Waals surface area (Å²) in [6.07, 6.45) is 12.0. The Balaban J connectivity index is 1.56. The Kier molecular flexibility index (Phi) is 13.0. The fourth-order valence-corrected chi connectivity index (χ4v) is 9.24. The first kappa shape index (κ1) is 40.3. The fourth-order valence-electron chi connectivity index (χ4n) is 7.94. The van der Waals surface area contributed by atoms with Gasteiger partial charge in [0.1, 0.15) is 12.1 Å². The maximum Gasteiger partial charge on any atom is 0.315 e. The van der Waals surface area contributed by atoms with Crippen LogP contribution in [0.25, 0.3) is 0 Å². The van der Waals surface area contributed by atoms with E-state index in [1.807, 2.05) is 34.6 Å². The number of ketones is 1. The predicted molar refractivity (Wildman–Crippen MR) is 193 cm³/mol. The van der Waals surface area contributed by atoms with E-state index in [2.05, 4.69) is 38.5 Å². The van der Waals surface area contributed by atoms with Crippen LogP contribution in [0, 0.1) is 40.9 Å². The molecule has 0 spiro atoms. The number of urea groups is 1. The molecule has 1 unspecified atom stereocenters. The lowest BCUT2D eigenvalue weighted by molar-refractivity contribution is -0.144. The molecule has 2 saturated carbocycles. The molecule has 4 fully saturated rings. The highest BCUT2D eigenvalue weighted by Gasteiger charge is 2.69. The Morgan fingerprint density at radius 1 is 1.06 bits per heavy atom. The molecule has 4 rings (SSSR count). The van der Waals surface area contributed by atoms with E-state index in [-0.39, 0.29) is 55.0 Å². The van der Waals surface area contributed by atoms with Gasteiger partial charge in [-0.3, -0.25) is 19.2 Å². The van der Waals surface area contributed by atoms with Crippen molar-refractivity contribution in [2.45, 2.75) is 110 Å². The van der Waals surface area contributed by atoms with Crippen molar-refractivity contribution in [3.8, 4) is 12.3 Å². The lowest BCUT2D eigenvalue weighted by atomic mass is 9.83.